The summed E-state index contributed by atoms with van der Waals surface area (Å²) >= 11 is 11.6. The maximum Gasteiger partial charge on any atom is 0.264 e. The molecule has 12 heteroatoms. The lowest BCUT2D eigenvalue weighted by molar-refractivity contribution is -0.119. The number of amides is 1. The maximum absolute atomic E-state index is 13.4. The number of sulfonamides is 1. The van der Waals surface area contributed by atoms with E-state index in [1.165, 1.54) is 25.5 Å². The largest absolute Gasteiger partial charge is 0.493 e. The van der Waals surface area contributed by atoms with E-state index in [0.717, 1.165) is 13.4 Å². The smallest absolute Gasteiger partial charge is 0.264 e. The van der Waals surface area contributed by atoms with Crippen LogP contribution in [-0.2, 0) is 21.4 Å². The molecule has 0 unspecified atom stereocenters. The van der Waals surface area contributed by atoms with E-state index in [0.29, 0.717) is 38.9 Å². The van der Waals surface area contributed by atoms with Gasteiger partial charge in [0.05, 0.1) is 28.4 Å². The summed E-state index contributed by atoms with van der Waals surface area (Å²) in [6.07, 6.45) is 1.43. The Morgan fingerprint density at radius 1 is 1.05 bits per heavy atom. The van der Waals surface area contributed by atoms with Crippen LogP contribution in [0, 0.1) is 3.57 Å². The van der Waals surface area contributed by atoms with E-state index in [1.54, 1.807) is 66.7 Å². The quantitative estimate of drug-likeness (QED) is 0.105. The van der Waals surface area contributed by atoms with E-state index < -0.39 is 22.5 Å². The molecule has 0 aliphatic carbocycles. The Morgan fingerprint density at radius 2 is 1.73 bits per heavy atom. The van der Waals surface area contributed by atoms with Crippen LogP contribution < -0.4 is 19.2 Å². The van der Waals surface area contributed by atoms with Crippen LogP contribution in [0.25, 0.3) is 0 Å². The predicted molar refractivity (Wildman–Crippen MR) is 172 cm³/mol. The molecular weight excluding hydrogens is 745 g/mol. The van der Waals surface area contributed by atoms with Crippen LogP contribution in [0.1, 0.15) is 11.1 Å². The molecule has 0 atom stereocenters. The summed E-state index contributed by atoms with van der Waals surface area (Å²) in [6.45, 7) is -0.168. The van der Waals surface area contributed by atoms with Gasteiger partial charge in [0.15, 0.2) is 11.5 Å². The molecule has 0 bridgehead atoms. The van der Waals surface area contributed by atoms with Gasteiger partial charge in [0.25, 0.3) is 15.9 Å². The highest BCUT2D eigenvalue weighted by atomic mass is 127. The van der Waals surface area contributed by atoms with E-state index >= 15 is 0 Å². The molecule has 4 aromatic carbocycles. The fourth-order valence-electron chi connectivity index (χ4n) is 3.68. The molecule has 212 valence electrons. The minimum Gasteiger partial charge on any atom is -0.493 e. The number of nitrogens with one attached hydrogen (secondary N) is 1. The standard InChI is InChI=1S/C29H24BrClIN3O5S/c1-39-27-16-21(15-26(30)29(27)40-19-20-7-9-22(31)10-8-20)17-33-34-28(36)18-35(24-13-11-23(32)12-14-24)41(37,38)25-5-3-2-4-6-25/h2-17H,18-19H2,1H3,(H,34,36)/b33-17-. The molecule has 0 aromatic heterocycles. The van der Waals surface area contributed by atoms with Crippen molar-refractivity contribution in [3.05, 3.63) is 115 Å². The number of benzene rings is 4. The molecule has 41 heavy (non-hydrogen) atoms. The van der Waals surface area contributed by atoms with E-state index in [-0.39, 0.29) is 4.90 Å². The van der Waals surface area contributed by atoms with E-state index in [4.69, 9.17) is 21.1 Å². The zero-order chi connectivity index (χ0) is 29.4. The van der Waals surface area contributed by atoms with Crippen LogP contribution in [0.2, 0.25) is 5.02 Å². The van der Waals surface area contributed by atoms with Gasteiger partial charge in [-0.05, 0) is 110 Å². The minimum atomic E-state index is -4.01. The molecule has 0 fully saturated rings. The first-order valence-corrected chi connectivity index (χ1v) is 15.8. The second kappa shape index (κ2) is 14.2. The van der Waals surface area contributed by atoms with Crippen molar-refractivity contribution >= 4 is 78.0 Å². The molecule has 8 nitrogen and oxygen atoms in total. The Labute approximate surface area is 265 Å². The Bertz CT molecular complexity index is 1640. The number of hydrogen-bond donors (Lipinski definition) is 1. The molecule has 0 radical (unpaired) electrons. The second-order valence-electron chi connectivity index (χ2n) is 8.54. The van der Waals surface area contributed by atoms with E-state index in [1.807, 2.05) is 12.1 Å². The summed E-state index contributed by atoms with van der Waals surface area (Å²) in [7, 11) is -2.49. The van der Waals surface area contributed by atoms with Gasteiger partial charge in [0.1, 0.15) is 13.2 Å². The molecule has 1 amide bonds. The topological polar surface area (TPSA) is 97.3 Å². The van der Waals surface area contributed by atoms with Gasteiger partial charge in [-0.2, -0.15) is 5.10 Å². The van der Waals surface area contributed by atoms with Crippen LogP contribution in [0.4, 0.5) is 5.69 Å². The van der Waals surface area contributed by atoms with E-state index in [9.17, 15) is 13.2 Å². The summed E-state index contributed by atoms with van der Waals surface area (Å²) < 4.78 is 40.9. The monoisotopic (exact) mass is 767 g/mol. The molecule has 4 aromatic rings. The maximum atomic E-state index is 13.4. The van der Waals surface area contributed by atoms with Crippen molar-refractivity contribution in [3.63, 3.8) is 0 Å². The van der Waals surface area contributed by atoms with Crippen molar-refractivity contribution in [2.45, 2.75) is 11.5 Å². The van der Waals surface area contributed by atoms with Crippen molar-refractivity contribution in [2.75, 3.05) is 18.0 Å². The molecule has 0 saturated heterocycles. The Morgan fingerprint density at radius 3 is 2.39 bits per heavy atom. The highest BCUT2D eigenvalue weighted by molar-refractivity contribution is 14.1. The van der Waals surface area contributed by atoms with Gasteiger partial charge in [-0.3, -0.25) is 9.10 Å². The predicted octanol–water partition coefficient (Wildman–Crippen LogP) is 6.64. The molecule has 0 saturated carbocycles. The first-order chi connectivity index (χ1) is 19.7. The highest BCUT2D eigenvalue weighted by Crippen LogP contribution is 2.37. The number of hydrogen-bond acceptors (Lipinski definition) is 6. The van der Waals surface area contributed by atoms with E-state index in [2.05, 4.69) is 49.0 Å². The average Bonchev–Trinajstić information content (AvgIpc) is 2.97. The third-order valence-electron chi connectivity index (χ3n) is 5.68. The van der Waals surface area contributed by atoms with Gasteiger partial charge in [0.2, 0.25) is 0 Å². The molecule has 0 aliphatic heterocycles. The fourth-order valence-corrected chi connectivity index (χ4v) is 6.18. The summed E-state index contributed by atoms with van der Waals surface area (Å²) in [6, 6.07) is 25.6. The van der Waals surface area contributed by atoms with Crippen molar-refractivity contribution in [1.29, 1.82) is 0 Å². The second-order valence-corrected chi connectivity index (χ2v) is 12.9. The van der Waals surface area contributed by atoms with Gasteiger partial charge in [-0.1, -0.05) is 41.9 Å². The number of anilines is 1. The normalized spacial score (nSPS) is 11.3. The SMILES string of the molecule is COc1cc(/C=N\NC(=O)CN(c2ccc(I)cc2)S(=O)(=O)c2ccccc2)cc(Br)c1OCc1ccc(Cl)cc1. The number of carbonyl (C=O) groups is 1. The summed E-state index contributed by atoms with van der Waals surface area (Å²) in [5.74, 6) is 0.344. The minimum absolute atomic E-state index is 0.0742. The van der Waals surface area contributed by atoms with Gasteiger partial charge in [0, 0.05) is 8.59 Å². The number of nitrogens with zero attached hydrogens (tertiary/aromatic N) is 2. The lowest BCUT2D eigenvalue weighted by Gasteiger charge is -2.23. The zero-order valence-electron chi connectivity index (χ0n) is 21.6. The number of halogens is 3. The number of carbonyl (C=O) groups excluding carboxylic acids is 1. The first kappa shape index (κ1) is 30.8. The van der Waals surface area contributed by atoms with Gasteiger partial charge in [-0.15, -0.1) is 0 Å². The third-order valence-corrected chi connectivity index (χ3v) is 9.03. The summed E-state index contributed by atoms with van der Waals surface area (Å²) in [5.41, 5.74) is 4.32. The Kier molecular flexibility index (Phi) is 10.6. The Hall–Kier alpha value is -3.13. The van der Waals surface area contributed by atoms with Gasteiger partial charge in [-0.25, -0.2) is 13.8 Å². The number of ether oxygens (including phenoxy) is 2. The molecule has 1 N–H and O–H groups in total. The van der Waals surface area contributed by atoms with Crippen LogP contribution in [0.3, 0.4) is 0 Å². The van der Waals surface area contributed by atoms with Crippen molar-refractivity contribution in [2.24, 2.45) is 5.10 Å². The summed E-state index contributed by atoms with van der Waals surface area (Å²) in [4.78, 5) is 12.9. The lowest BCUT2D eigenvalue weighted by atomic mass is 10.2. The number of methoxy groups -OCH3 is 1. The van der Waals surface area contributed by atoms with Crippen LogP contribution >= 0.6 is 50.1 Å². The van der Waals surface area contributed by atoms with Crippen molar-refractivity contribution in [3.8, 4) is 11.5 Å². The average molecular weight is 769 g/mol. The zero-order valence-corrected chi connectivity index (χ0v) is 26.9. The van der Waals surface area contributed by atoms with Gasteiger partial charge >= 0.3 is 0 Å². The first-order valence-electron chi connectivity index (χ1n) is 12.1. The number of rotatable bonds is 11. The van der Waals surface area contributed by atoms with Gasteiger partial charge < -0.3 is 9.47 Å². The summed E-state index contributed by atoms with van der Waals surface area (Å²) in [5, 5.41) is 4.67. The molecule has 0 aliphatic rings. The van der Waals surface area contributed by atoms with Crippen LogP contribution in [0.15, 0.2) is 105 Å². The molecule has 4 rings (SSSR count). The molecule has 0 spiro atoms. The van der Waals surface area contributed by atoms with Crippen molar-refractivity contribution in [1.82, 2.24) is 5.43 Å². The fraction of sp³-hybridized carbons (Fsp3) is 0.103. The van der Waals surface area contributed by atoms with Crippen molar-refractivity contribution < 1.29 is 22.7 Å². The van der Waals surface area contributed by atoms with Crippen LogP contribution in [-0.4, -0.2) is 34.2 Å². The number of hydrazone groups is 1. The third kappa shape index (κ3) is 8.22. The lowest BCUT2D eigenvalue weighted by Crippen LogP contribution is -2.39. The van der Waals surface area contributed by atoms with Crippen LogP contribution in [0.5, 0.6) is 11.5 Å². The molecular formula is C29H24BrClIN3O5S. The highest BCUT2D eigenvalue weighted by Gasteiger charge is 2.27. The Balaban J connectivity index is 1.47. The molecule has 0 heterocycles.